The van der Waals surface area contributed by atoms with Crippen molar-refractivity contribution in [1.29, 1.82) is 0 Å². The van der Waals surface area contributed by atoms with Gasteiger partial charge in [0.05, 0.1) is 11.7 Å². The van der Waals surface area contributed by atoms with Crippen LogP contribution < -0.4 is 5.32 Å². The van der Waals surface area contributed by atoms with Crippen molar-refractivity contribution < 1.29 is 4.79 Å². The molecule has 0 aliphatic carbocycles. The minimum Gasteiger partial charge on any atom is -0.374 e. The maximum atomic E-state index is 12.0. The second-order valence-corrected chi connectivity index (χ2v) is 4.66. The number of rotatable bonds is 5. The van der Waals surface area contributed by atoms with Crippen LogP contribution in [0.5, 0.6) is 0 Å². The summed E-state index contributed by atoms with van der Waals surface area (Å²) in [5, 5.41) is 3.25. The molecule has 0 saturated carbocycles. The molecule has 1 atom stereocenters. The quantitative estimate of drug-likeness (QED) is 0.829. The highest BCUT2D eigenvalue weighted by Gasteiger charge is 2.23. The Labute approximate surface area is 97.3 Å². The van der Waals surface area contributed by atoms with Crippen molar-refractivity contribution in [2.24, 2.45) is 11.8 Å². The Balaban J connectivity index is 2.77. The van der Waals surface area contributed by atoms with Crippen molar-refractivity contribution in [3.05, 3.63) is 24.5 Å². The van der Waals surface area contributed by atoms with Gasteiger partial charge in [0.25, 0.3) is 0 Å². The topological polar surface area (TPSA) is 42.0 Å². The van der Waals surface area contributed by atoms with Gasteiger partial charge in [0, 0.05) is 18.3 Å². The highest BCUT2D eigenvalue weighted by Crippen LogP contribution is 2.15. The molecule has 0 bridgehead atoms. The zero-order chi connectivity index (χ0) is 12.1. The van der Waals surface area contributed by atoms with Crippen LogP contribution in [0.2, 0.25) is 0 Å². The summed E-state index contributed by atoms with van der Waals surface area (Å²) in [6, 6.07) is 3.65. The first-order valence-electron chi connectivity index (χ1n) is 5.72. The van der Waals surface area contributed by atoms with Crippen molar-refractivity contribution in [2.75, 3.05) is 5.32 Å². The van der Waals surface area contributed by atoms with Gasteiger partial charge in [0.1, 0.15) is 0 Å². The molecule has 0 unspecified atom stereocenters. The van der Waals surface area contributed by atoms with E-state index in [2.05, 4.69) is 10.3 Å². The summed E-state index contributed by atoms with van der Waals surface area (Å²) >= 11 is 0. The Morgan fingerprint density at radius 2 is 2.00 bits per heavy atom. The van der Waals surface area contributed by atoms with Gasteiger partial charge < -0.3 is 5.32 Å². The molecule has 0 fully saturated rings. The summed E-state index contributed by atoms with van der Waals surface area (Å²) in [6.45, 7) is 7.97. The van der Waals surface area contributed by atoms with E-state index >= 15 is 0 Å². The number of Topliss-reactive ketones (excluding diaryl/α,β-unsaturated/α-hetero) is 1. The molecule has 0 saturated heterocycles. The van der Waals surface area contributed by atoms with Crippen LogP contribution in [0.25, 0.3) is 0 Å². The number of pyridine rings is 1. The van der Waals surface area contributed by atoms with Crippen LogP contribution >= 0.6 is 0 Å². The van der Waals surface area contributed by atoms with Gasteiger partial charge in [0.15, 0.2) is 5.78 Å². The predicted octanol–water partition coefficient (Wildman–Crippen LogP) is 2.74. The Morgan fingerprint density at radius 3 is 2.44 bits per heavy atom. The average Bonchev–Trinajstić information content (AvgIpc) is 2.26. The van der Waals surface area contributed by atoms with Crippen LogP contribution in [-0.4, -0.2) is 16.8 Å². The molecule has 0 spiro atoms. The van der Waals surface area contributed by atoms with E-state index in [-0.39, 0.29) is 23.7 Å². The second-order valence-electron chi connectivity index (χ2n) is 4.66. The summed E-state index contributed by atoms with van der Waals surface area (Å²) < 4.78 is 0. The van der Waals surface area contributed by atoms with E-state index in [9.17, 15) is 4.79 Å². The molecule has 3 heteroatoms. The molecule has 0 aromatic carbocycles. The van der Waals surface area contributed by atoms with Crippen molar-refractivity contribution in [2.45, 2.75) is 33.7 Å². The van der Waals surface area contributed by atoms with Crippen LogP contribution in [0, 0.1) is 11.8 Å². The van der Waals surface area contributed by atoms with Crippen LogP contribution in [0.15, 0.2) is 24.5 Å². The summed E-state index contributed by atoms with van der Waals surface area (Å²) in [6.07, 6.45) is 3.46. The minimum absolute atomic E-state index is 0.0524. The molecule has 1 aromatic heterocycles. The lowest BCUT2D eigenvalue weighted by Crippen LogP contribution is -2.37. The number of carbonyl (C=O) groups excluding carboxylic acids is 1. The molecule has 1 aromatic rings. The summed E-state index contributed by atoms with van der Waals surface area (Å²) in [7, 11) is 0. The third kappa shape index (κ3) is 3.33. The molecule has 1 rings (SSSR count). The molecular formula is C13H20N2O. The lowest BCUT2D eigenvalue weighted by molar-refractivity contribution is -0.123. The first kappa shape index (κ1) is 12.7. The standard InChI is InChI=1S/C13H20N2O/c1-9(2)12(13(16)10(3)4)15-11-6-5-7-14-8-11/h5-10,12,15H,1-4H3/t12-/m0/s1. The highest BCUT2D eigenvalue weighted by molar-refractivity contribution is 5.88. The predicted molar refractivity (Wildman–Crippen MR) is 66.3 cm³/mol. The Kier molecular flexibility index (Phi) is 4.47. The lowest BCUT2D eigenvalue weighted by atomic mass is 9.93. The summed E-state index contributed by atoms with van der Waals surface area (Å²) in [4.78, 5) is 16.0. The van der Waals surface area contributed by atoms with Crippen LogP contribution in [0.3, 0.4) is 0 Å². The number of anilines is 1. The Hall–Kier alpha value is -1.38. The molecule has 0 amide bonds. The monoisotopic (exact) mass is 220 g/mol. The van der Waals surface area contributed by atoms with Gasteiger partial charge in [-0.25, -0.2) is 0 Å². The molecule has 0 radical (unpaired) electrons. The maximum Gasteiger partial charge on any atom is 0.157 e. The first-order valence-corrected chi connectivity index (χ1v) is 5.72. The van der Waals surface area contributed by atoms with Crippen molar-refractivity contribution in [3.8, 4) is 0 Å². The Morgan fingerprint density at radius 1 is 1.31 bits per heavy atom. The van der Waals surface area contributed by atoms with Crippen LogP contribution in [0.4, 0.5) is 5.69 Å². The smallest absolute Gasteiger partial charge is 0.157 e. The maximum absolute atomic E-state index is 12.0. The van der Waals surface area contributed by atoms with Gasteiger partial charge in [-0.2, -0.15) is 0 Å². The highest BCUT2D eigenvalue weighted by atomic mass is 16.1. The molecule has 88 valence electrons. The van der Waals surface area contributed by atoms with Crippen molar-refractivity contribution in [1.82, 2.24) is 4.98 Å². The van der Waals surface area contributed by atoms with E-state index in [0.717, 1.165) is 5.69 Å². The fraction of sp³-hybridized carbons (Fsp3) is 0.538. The molecule has 0 aliphatic heterocycles. The zero-order valence-corrected chi connectivity index (χ0v) is 10.4. The fourth-order valence-electron chi connectivity index (χ4n) is 1.55. The molecule has 1 N–H and O–H groups in total. The lowest BCUT2D eigenvalue weighted by Gasteiger charge is -2.23. The number of nitrogens with one attached hydrogen (secondary N) is 1. The van der Waals surface area contributed by atoms with E-state index in [4.69, 9.17) is 0 Å². The third-order valence-corrected chi connectivity index (χ3v) is 2.53. The largest absolute Gasteiger partial charge is 0.374 e. The normalized spacial score (nSPS) is 12.9. The van der Waals surface area contributed by atoms with Crippen molar-refractivity contribution >= 4 is 11.5 Å². The molecule has 0 aliphatic rings. The van der Waals surface area contributed by atoms with E-state index in [1.807, 2.05) is 39.8 Å². The summed E-state index contributed by atoms with van der Waals surface area (Å²) in [5.41, 5.74) is 0.898. The van der Waals surface area contributed by atoms with Gasteiger partial charge in [-0.1, -0.05) is 27.7 Å². The molecule has 1 heterocycles. The van der Waals surface area contributed by atoms with Gasteiger partial charge in [0.2, 0.25) is 0 Å². The Bertz CT molecular complexity index is 333. The first-order chi connectivity index (χ1) is 7.52. The van der Waals surface area contributed by atoms with Crippen LogP contribution in [0.1, 0.15) is 27.7 Å². The van der Waals surface area contributed by atoms with E-state index < -0.39 is 0 Å². The fourth-order valence-corrected chi connectivity index (χ4v) is 1.55. The SMILES string of the molecule is CC(C)C(=O)[C@@H](Nc1cccnc1)C(C)C. The van der Waals surface area contributed by atoms with Gasteiger partial charge in [-0.15, -0.1) is 0 Å². The molecule has 3 nitrogen and oxygen atoms in total. The molecule has 16 heavy (non-hydrogen) atoms. The third-order valence-electron chi connectivity index (χ3n) is 2.53. The van der Waals surface area contributed by atoms with E-state index in [0.29, 0.717) is 0 Å². The number of aromatic nitrogens is 1. The van der Waals surface area contributed by atoms with Gasteiger partial charge >= 0.3 is 0 Å². The number of hydrogen-bond donors (Lipinski definition) is 1. The number of carbonyl (C=O) groups is 1. The minimum atomic E-state index is -0.135. The molecular weight excluding hydrogens is 200 g/mol. The van der Waals surface area contributed by atoms with E-state index in [1.54, 1.807) is 12.4 Å². The second kappa shape index (κ2) is 5.64. The number of hydrogen-bond acceptors (Lipinski definition) is 3. The zero-order valence-electron chi connectivity index (χ0n) is 10.4. The van der Waals surface area contributed by atoms with E-state index in [1.165, 1.54) is 0 Å². The number of nitrogens with zero attached hydrogens (tertiary/aromatic N) is 1. The number of ketones is 1. The summed E-state index contributed by atoms with van der Waals surface area (Å²) in [5.74, 6) is 0.575. The van der Waals surface area contributed by atoms with Gasteiger partial charge in [-0.05, 0) is 18.1 Å². The van der Waals surface area contributed by atoms with Gasteiger partial charge in [-0.3, -0.25) is 9.78 Å². The van der Waals surface area contributed by atoms with Crippen molar-refractivity contribution in [3.63, 3.8) is 0 Å². The van der Waals surface area contributed by atoms with Crippen LogP contribution in [-0.2, 0) is 4.79 Å². The average molecular weight is 220 g/mol.